The number of benzene rings is 1. The number of rotatable bonds is 4. The summed E-state index contributed by atoms with van der Waals surface area (Å²) in [5, 5.41) is 9.10. The van der Waals surface area contributed by atoms with Crippen molar-refractivity contribution >= 4 is 11.6 Å². The Hall–Kier alpha value is -2.47. The largest absolute Gasteiger partial charge is 0.311 e. The van der Waals surface area contributed by atoms with E-state index in [2.05, 4.69) is 38.5 Å². The highest BCUT2D eigenvalue weighted by atomic mass is 35.5. The highest BCUT2D eigenvalue weighted by Crippen LogP contribution is 2.41. The minimum absolute atomic E-state index is 0.0647. The average molecular weight is 356 g/mol. The topological polar surface area (TPSA) is 76.5 Å². The fourth-order valence-electron chi connectivity index (χ4n) is 2.99. The zero-order valence-corrected chi connectivity index (χ0v) is 14.8. The highest BCUT2D eigenvalue weighted by Gasteiger charge is 2.24. The van der Waals surface area contributed by atoms with Crippen molar-refractivity contribution in [3.05, 3.63) is 62.8 Å². The summed E-state index contributed by atoms with van der Waals surface area (Å²) in [6, 6.07) is 7.63. The molecular weight excluding hydrogens is 338 g/mol. The van der Waals surface area contributed by atoms with Crippen LogP contribution >= 0.6 is 11.6 Å². The number of nitrogens with zero attached hydrogens (tertiary/aromatic N) is 4. The normalized spacial score (nSPS) is 15.3. The van der Waals surface area contributed by atoms with Crippen molar-refractivity contribution in [2.75, 3.05) is 0 Å². The predicted molar refractivity (Wildman–Crippen MR) is 95.9 cm³/mol. The molecule has 0 aliphatic heterocycles. The van der Waals surface area contributed by atoms with Gasteiger partial charge in [0.15, 0.2) is 0 Å². The first-order valence-corrected chi connectivity index (χ1v) is 8.68. The van der Waals surface area contributed by atoms with Crippen molar-refractivity contribution in [2.45, 2.75) is 38.6 Å². The number of nitrogens with one attached hydrogen (secondary N) is 1. The summed E-state index contributed by atoms with van der Waals surface area (Å²) in [6.45, 7) is 3.76. The summed E-state index contributed by atoms with van der Waals surface area (Å²) in [6.07, 6.45) is 4.29. The first-order valence-electron chi connectivity index (χ1n) is 8.31. The molecule has 0 spiro atoms. The van der Waals surface area contributed by atoms with Crippen LogP contribution in [0.2, 0.25) is 5.02 Å². The summed E-state index contributed by atoms with van der Waals surface area (Å²) in [5.41, 5.74) is 3.17. The van der Waals surface area contributed by atoms with Gasteiger partial charge in [-0.2, -0.15) is 0 Å². The minimum atomic E-state index is -0.205. The molecule has 6 nitrogen and oxygen atoms in total. The van der Waals surface area contributed by atoms with Crippen LogP contribution in [-0.4, -0.2) is 25.0 Å². The van der Waals surface area contributed by atoms with Gasteiger partial charge in [0, 0.05) is 11.1 Å². The standard InChI is InChI=1S/C18H18ClN5O/c1-10(14-6-5-13(7-15(14)19)12-3-4-12)24-9-17(22-23-24)16-8-18(25)21-11(2)20-16/h5-10,12H,3-4H2,1-2H3,(H,20,21,25). The Morgan fingerprint density at radius 1 is 1.28 bits per heavy atom. The quantitative estimate of drug-likeness (QED) is 0.777. The van der Waals surface area contributed by atoms with E-state index in [4.69, 9.17) is 11.6 Å². The lowest BCUT2D eigenvalue weighted by molar-refractivity contribution is 0.543. The molecule has 0 radical (unpaired) electrons. The molecule has 0 saturated heterocycles. The molecule has 2 heterocycles. The Bertz CT molecular complexity index is 989. The van der Waals surface area contributed by atoms with E-state index < -0.39 is 0 Å². The van der Waals surface area contributed by atoms with Crippen molar-refractivity contribution in [3.8, 4) is 11.4 Å². The molecule has 128 valence electrons. The Morgan fingerprint density at radius 3 is 2.76 bits per heavy atom. The Morgan fingerprint density at radius 2 is 2.08 bits per heavy atom. The molecule has 1 N–H and O–H groups in total. The van der Waals surface area contributed by atoms with Crippen molar-refractivity contribution in [1.29, 1.82) is 0 Å². The number of aromatic amines is 1. The van der Waals surface area contributed by atoms with Gasteiger partial charge in [0.05, 0.1) is 17.9 Å². The minimum Gasteiger partial charge on any atom is -0.311 e. The lowest BCUT2D eigenvalue weighted by atomic mass is 10.0. The van der Waals surface area contributed by atoms with E-state index in [1.165, 1.54) is 24.5 Å². The lowest BCUT2D eigenvalue weighted by Crippen LogP contribution is -2.09. The van der Waals surface area contributed by atoms with Gasteiger partial charge in [0.2, 0.25) is 0 Å². The van der Waals surface area contributed by atoms with Crippen LogP contribution in [-0.2, 0) is 0 Å². The van der Waals surface area contributed by atoms with E-state index in [-0.39, 0.29) is 11.6 Å². The van der Waals surface area contributed by atoms with Crippen molar-refractivity contribution in [3.63, 3.8) is 0 Å². The number of H-pyrrole nitrogens is 1. The molecule has 1 aromatic carbocycles. The van der Waals surface area contributed by atoms with Gasteiger partial charge in [-0.25, -0.2) is 9.67 Å². The second kappa shape index (κ2) is 6.11. The number of hydrogen-bond acceptors (Lipinski definition) is 4. The third kappa shape index (κ3) is 3.22. The fourth-order valence-corrected chi connectivity index (χ4v) is 3.34. The molecule has 2 aromatic heterocycles. The molecule has 0 bridgehead atoms. The van der Waals surface area contributed by atoms with E-state index in [0.717, 1.165) is 10.6 Å². The Balaban J connectivity index is 1.64. The van der Waals surface area contributed by atoms with E-state index in [1.807, 2.05) is 6.92 Å². The highest BCUT2D eigenvalue weighted by molar-refractivity contribution is 6.31. The van der Waals surface area contributed by atoms with Gasteiger partial charge in [-0.05, 0) is 49.8 Å². The maximum atomic E-state index is 11.6. The fraction of sp³-hybridized carbons (Fsp3) is 0.333. The average Bonchev–Trinajstić information content (AvgIpc) is 3.30. The maximum absolute atomic E-state index is 11.6. The zero-order valence-electron chi connectivity index (χ0n) is 14.0. The van der Waals surface area contributed by atoms with Crippen LogP contribution in [0.25, 0.3) is 11.4 Å². The van der Waals surface area contributed by atoms with E-state index >= 15 is 0 Å². The van der Waals surface area contributed by atoms with Crippen LogP contribution in [0.15, 0.2) is 35.3 Å². The summed E-state index contributed by atoms with van der Waals surface area (Å²) in [4.78, 5) is 18.5. The maximum Gasteiger partial charge on any atom is 0.251 e. The smallest absolute Gasteiger partial charge is 0.251 e. The van der Waals surface area contributed by atoms with Crippen molar-refractivity contribution in [2.24, 2.45) is 0 Å². The molecule has 1 aliphatic rings. The van der Waals surface area contributed by atoms with Crippen LogP contribution in [0.3, 0.4) is 0 Å². The molecular formula is C18H18ClN5O. The number of aryl methyl sites for hydroxylation is 1. The van der Waals surface area contributed by atoms with Crippen molar-refractivity contribution < 1.29 is 0 Å². The molecule has 7 heteroatoms. The van der Waals surface area contributed by atoms with E-state index in [1.54, 1.807) is 17.8 Å². The van der Waals surface area contributed by atoms with Crippen molar-refractivity contribution in [1.82, 2.24) is 25.0 Å². The Labute approximate surface area is 149 Å². The zero-order chi connectivity index (χ0) is 17.6. The van der Waals surface area contributed by atoms with Gasteiger partial charge in [-0.3, -0.25) is 4.79 Å². The molecule has 1 unspecified atom stereocenters. The molecule has 1 atom stereocenters. The van der Waals surface area contributed by atoms with Crippen LogP contribution in [0.1, 0.15) is 48.7 Å². The van der Waals surface area contributed by atoms with E-state index in [9.17, 15) is 4.79 Å². The van der Waals surface area contributed by atoms with Gasteiger partial charge in [0.1, 0.15) is 11.5 Å². The van der Waals surface area contributed by atoms with Gasteiger partial charge < -0.3 is 4.98 Å². The first kappa shape index (κ1) is 16.0. The Kier molecular flexibility index (Phi) is 3.92. The summed E-state index contributed by atoms with van der Waals surface area (Å²) in [5.74, 6) is 1.22. The molecule has 0 amide bonds. The monoisotopic (exact) mass is 355 g/mol. The predicted octanol–water partition coefficient (Wildman–Crippen LogP) is 3.48. The molecule has 1 fully saturated rings. The molecule has 25 heavy (non-hydrogen) atoms. The third-order valence-electron chi connectivity index (χ3n) is 4.55. The molecule has 4 rings (SSSR count). The van der Waals surface area contributed by atoms with Gasteiger partial charge >= 0.3 is 0 Å². The molecule has 1 saturated carbocycles. The third-order valence-corrected chi connectivity index (χ3v) is 4.88. The second-order valence-corrected chi connectivity index (χ2v) is 6.94. The van der Waals surface area contributed by atoms with Crippen LogP contribution < -0.4 is 5.56 Å². The summed E-state index contributed by atoms with van der Waals surface area (Å²) >= 11 is 6.49. The van der Waals surface area contributed by atoms with Crippen LogP contribution in [0.4, 0.5) is 0 Å². The first-order chi connectivity index (χ1) is 12.0. The summed E-state index contributed by atoms with van der Waals surface area (Å²) in [7, 11) is 0. The molecule has 1 aliphatic carbocycles. The van der Waals surface area contributed by atoms with Crippen LogP contribution in [0, 0.1) is 6.92 Å². The second-order valence-electron chi connectivity index (χ2n) is 6.53. The molecule has 3 aromatic rings. The summed E-state index contributed by atoms with van der Waals surface area (Å²) < 4.78 is 1.74. The van der Waals surface area contributed by atoms with Crippen LogP contribution in [0.5, 0.6) is 0 Å². The van der Waals surface area contributed by atoms with Gasteiger partial charge in [0.25, 0.3) is 5.56 Å². The van der Waals surface area contributed by atoms with E-state index in [0.29, 0.717) is 23.1 Å². The SMILES string of the molecule is Cc1nc(-c2cn(C(C)c3ccc(C4CC4)cc3Cl)nn2)cc(=O)[nH]1. The lowest BCUT2D eigenvalue weighted by Gasteiger charge is -2.14. The van der Waals surface area contributed by atoms with Gasteiger partial charge in [-0.1, -0.05) is 28.9 Å². The number of halogens is 1. The number of hydrogen-bond donors (Lipinski definition) is 1. The number of aromatic nitrogens is 5. The van der Waals surface area contributed by atoms with Gasteiger partial charge in [-0.15, -0.1) is 5.10 Å².